The first-order valence-corrected chi connectivity index (χ1v) is 9.02. The number of rotatable bonds is 6. The van der Waals surface area contributed by atoms with Crippen LogP contribution in [0, 0.1) is 0 Å². The Kier molecular flexibility index (Phi) is 6.11. The molecule has 1 aliphatic heterocycles. The van der Waals surface area contributed by atoms with Crippen molar-refractivity contribution in [1.82, 2.24) is 14.9 Å². The van der Waals surface area contributed by atoms with Crippen LogP contribution in [0.2, 0.25) is 0 Å². The highest BCUT2D eigenvalue weighted by Gasteiger charge is 2.23. The third-order valence-corrected chi connectivity index (χ3v) is 4.69. The summed E-state index contributed by atoms with van der Waals surface area (Å²) in [5.41, 5.74) is 0. The second-order valence-corrected chi connectivity index (χ2v) is 6.18. The van der Waals surface area contributed by atoms with Gasteiger partial charge in [-0.05, 0) is 32.6 Å². The van der Waals surface area contributed by atoms with Crippen LogP contribution in [0.5, 0.6) is 0 Å². The minimum atomic E-state index is 0.576. The smallest absolute Gasteiger partial charge is 0.191 e. The zero-order chi connectivity index (χ0) is 15.2. The number of piperidine rings is 1. The molecular formula is C15H27N5S. The molecule has 2 rings (SSSR count). The summed E-state index contributed by atoms with van der Waals surface area (Å²) in [6.07, 6.45) is 4.44. The Balaban J connectivity index is 2.10. The second kappa shape index (κ2) is 7.84. The number of nitrogens with one attached hydrogen (secondary N) is 1. The van der Waals surface area contributed by atoms with Crippen molar-refractivity contribution in [3.05, 3.63) is 6.07 Å². The van der Waals surface area contributed by atoms with E-state index in [0.717, 1.165) is 29.9 Å². The Morgan fingerprint density at radius 2 is 2.05 bits per heavy atom. The maximum atomic E-state index is 4.67. The molecule has 0 aromatic carbocycles. The van der Waals surface area contributed by atoms with Crippen LogP contribution in [0.1, 0.15) is 26.7 Å². The Morgan fingerprint density at radius 3 is 2.62 bits per heavy atom. The summed E-state index contributed by atoms with van der Waals surface area (Å²) in [4.78, 5) is 14.0. The third kappa shape index (κ3) is 4.23. The fourth-order valence-electron chi connectivity index (χ4n) is 2.77. The predicted octanol–water partition coefficient (Wildman–Crippen LogP) is 2.55. The maximum Gasteiger partial charge on any atom is 0.191 e. The van der Waals surface area contributed by atoms with Gasteiger partial charge in [0.15, 0.2) is 5.16 Å². The number of likely N-dealkylation sites (tertiary alicyclic amines) is 1. The molecule has 0 atom stereocenters. The molecule has 5 nitrogen and oxygen atoms in total. The molecular weight excluding hydrogens is 282 g/mol. The van der Waals surface area contributed by atoms with Crippen molar-refractivity contribution in [2.24, 2.45) is 0 Å². The summed E-state index contributed by atoms with van der Waals surface area (Å²) >= 11 is 1.59. The van der Waals surface area contributed by atoms with Gasteiger partial charge in [0.05, 0.1) is 0 Å². The molecule has 0 spiro atoms. The summed E-state index contributed by atoms with van der Waals surface area (Å²) in [5.74, 6) is 1.95. The molecule has 1 saturated heterocycles. The number of aromatic nitrogens is 2. The van der Waals surface area contributed by atoms with E-state index in [1.54, 1.807) is 11.8 Å². The molecule has 1 aromatic heterocycles. The van der Waals surface area contributed by atoms with Crippen molar-refractivity contribution in [1.29, 1.82) is 0 Å². The quantitative estimate of drug-likeness (QED) is 0.643. The summed E-state index contributed by atoms with van der Waals surface area (Å²) in [5, 5.41) is 4.13. The van der Waals surface area contributed by atoms with Crippen molar-refractivity contribution in [2.45, 2.75) is 37.9 Å². The Bertz CT molecular complexity index is 446. The van der Waals surface area contributed by atoms with Crippen LogP contribution in [-0.4, -0.2) is 60.4 Å². The predicted molar refractivity (Wildman–Crippen MR) is 91.5 cm³/mol. The van der Waals surface area contributed by atoms with Crippen molar-refractivity contribution < 1.29 is 0 Å². The lowest BCUT2D eigenvalue weighted by atomic mass is 10.0. The normalized spacial score (nSPS) is 17.0. The molecule has 0 aliphatic carbocycles. The molecule has 1 aliphatic rings. The van der Waals surface area contributed by atoms with Crippen LogP contribution in [0.4, 0.5) is 11.6 Å². The zero-order valence-electron chi connectivity index (χ0n) is 13.6. The van der Waals surface area contributed by atoms with Gasteiger partial charge in [0.1, 0.15) is 11.6 Å². The molecule has 21 heavy (non-hydrogen) atoms. The van der Waals surface area contributed by atoms with E-state index in [1.807, 2.05) is 6.26 Å². The lowest BCUT2D eigenvalue weighted by Gasteiger charge is -2.37. The lowest BCUT2D eigenvalue weighted by Crippen LogP contribution is -2.43. The minimum Gasteiger partial charge on any atom is -0.370 e. The number of anilines is 2. The van der Waals surface area contributed by atoms with E-state index in [2.05, 4.69) is 52.0 Å². The first-order chi connectivity index (χ1) is 10.2. The third-order valence-electron chi connectivity index (χ3n) is 4.15. The van der Waals surface area contributed by atoms with Gasteiger partial charge < -0.3 is 15.1 Å². The van der Waals surface area contributed by atoms with Crippen LogP contribution < -0.4 is 10.2 Å². The van der Waals surface area contributed by atoms with E-state index in [-0.39, 0.29) is 0 Å². The molecule has 118 valence electrons. The maximum absolute atomic E-state index is 4.67. The first-order valence-electron chi connectivity index (χ1n) is 7.80. The summed E-state index contributed by atoms with van der Waals surface area (Å²) in [6.45, 7) is 8.73. The highest BCUT2D eigenvalue weighted by molar-refractivity contribution is 7.98. The molecule has 1 N–H and O–H groups in total. The molecule has 0 radical (unpaired) electrons. The van der Waals surface area contributed by atoms with Crippen molar-refractivity contribution in [3.8, 4) is 0 Å². The van der Waals surface area contributed by atoms with Crippen LogP contribution in [0.15, 0.2) is 11.2 Å². The van der Waals surface area contributed by atoms with Gasteiger partial charge in [-0.25, -0.2) is 9.97 Å². The summed E-state index contributed by atoms with van der Waals surface area (Å²) < 4.78 is 0. The van der Waals surface area contributed by atoms with Gasteiger partial charge in [-0.1, -0.05) is 18.7 Å². The zero-order valence-corrected chi connectivity index (χ0v) is 14.4. The van der Waals surface area contributed by atoms with Crippen molar-refractivity contribution in [3.63, 3.8) is 0 Å². The number of thioether (sulfide) groups is 1. The monoisotopic (exact) mass is 309 g/mol. The van der Waals surface area contributed by atoms with E-state index < -0.39 is 0 Å². The molecule has 0 unspecified atom stereocenters. The van der Waals surface area contributed by atoms with Gasteiger partial charge in [-0.2, -0.15) is 0 Å². The number of hydrogen-bond acceptors (Lipinski definition) is 6. The lowest BCUT2D eigenvalue weighted by molar-refractivity contribution is 0.220. The van der Waals surface area contributed by atoms with Gasteiger partial charge in [-0.15, -0.1) is 0 Å². The highest BCUT2D eigenvalue weighted by atomic mass is 32.2. The topological polar surface area (TPSA) is 44.3 Å². The van der Waals surface area contributed by atoms with Gasteiger partial charge in [0.2, 0.25) is 0 Å². The van der Waals surface area contributed by atoms with E-state index in [9.17, 15) is 0 Å². The fraction of sp³-hybridized carbons (Fsp3) is 0.733. The molecule has 0 amide bonds. The number of nitrogens with zero attached hydrogens (tertiary/aromatic N) is 4. The highest BCUT2D eigenvalue weighted by Crippen LogP contribution is 2.24. The van der Waals surface area contributed by atoms with E-state index in [1.165, 1.54) is 25.9 Å². The van der Waals surface area contributed by atoms with Crippen LogP contribution in [0.3, 0.4) is 0 Å². The van der Waals surface area contributed by atoms with Crippen molar-refractivity contribution >= 4 is 23.4 Å². The summed E-state index contributed by atoms with van der Waals surface area (Å²) in [7, 11) is 2.16. The largest absolute Gasteiger partial charge is 0.370 e. The Morgan fingerprint density at radius 1 is 1.33 bits per heavy atom. The van der Waals surface area contributed by atoms with Crippen molar-refractivity contribution in [2.75, 3.05) is 49.7 Å². The van der Waals surface area contributed by atoms with E-state index >= 15 is 0 Å². The second-order valence-electron chi connectivity index (χ2n) is 5.40. The number of hydrogen-bond donors (Lipinski definition) is 1. The van der Waals surface area contributed by atoms with Gasteiger partial charge in [-0.3, -0.25) is 0 Å². The van der Waals surface area contributed by atoms with Gasteiger partial charge >= 0.3 is 0 Å². The molecule has 1 aromatic rings. The van der Waals surface area contributed by atoms with E-state index in [4.69, 9.17) is 0 Å². The molecule has 2 heterocycles. The SMILES string of the molecule is CCNc1cc(N(C)C2CCN(CC)CC2)nc(SC)n1. The minimum absolute atomic E-state index is 0.576. The molecule has 1 fully saturated rings. The molecule has 6 heteroatoms. The average Bonchev–Trinajstić information content (AvgIpc) is 2.54. The fourth-order valence-corrected chi connectivity index (χ4v) is 3.14. The van der Waals surface area contributed by atoms with Gasteiger partial charge in [0.25, 0.3) is 0 Å². The molecule has 0 bridgehead atoms. The standard InChI is InChI=1S/C15H27N5S/c1-5-16-13-11-14(18-15(17-13)21-4)19(3)12-7-9-20(6-2)10-8-12/h11-12H,5-10H2,1-4H3,(H,16,17,18). The van der Waals surface area contributed by atoms with Crippen LogP contribution in [-0.2, 0) is 0 Å². The summed E-state index contributed by atoms with van der Waals surface area (Å²) in [6, 6.07) is 2.64. The Hall–Kier alpha value is -1.01. The van der Waals surface area contributed by atoms with E-state index in [0.29, 0.717) is 6.04 Å². The average molecular weight is 309 g/mol. The Labute approximate surface area is 132 Å². The van der Waals surface area contributed by atoms with Gasteiger partial charge in [0, 0.05) is 38.8 Å². The van der Waals surface area contributed by atoms with Crippen LogP contribution >= 0.6 is 11.8 Å². The van der Waals surface area contributed by atoms with Crippen LogP contribution in [0.25, 0.3) is 0 Å². The molecule has 0 saturated carbocycles. The first kappa shape index (κ1) is 16.4.